The predicted molar refractivity (Wildman–Crippen MR) is 81.3 cm³/mol. The molecular weight excluding hydrogens is 268 g/mol. The molecule has 0 spiro atoms. The van der Waals surface area contributed by atoms with Gasteiger partial charge >= 0.3 is 0 Å². The molecule has 2 N–H and O–H groups in total. The molecule has 1 aliphatic rings. The third-order valence-corrected chi connectivity index (χ3v) is 3.62. The maximum Gasteiger partial charge on any atom is 0.234 e. The largest absolute Gasteiger partial charge is 0.496 e. The molecule has 1 fully saturated rings. The van der Waals surface area contributed by atoms with Crippen LogP contribution in [-0.4, -0.2) is 32.7 Å². The summed E-state index contributed by atoms with van der Waals surface area (Å²) in [6, 6.07) is 6.50. The van der Waals surface area contributed by atoms with Gasteiger partial charge in [-0.1, -0.05) is 6.07 Å². The highest BCUT2D eigenvalue weighted by Crippen LogP contribution is 2.24. The molecule has 1 aliphatic carbocycles. The van der Waals surface area contributed by atoms with Crippen LogP contribution in [0.4, 0.5) is 0 Å². The van der Waals surface area contributed by atoms with Crippen LogP contribution in [0.15, 0.2) is 18.2 Å². The fourth-order valence-corrected chi connectivity index (χ4v) is 2.21. The van der Waals surface area contributed by atoms with Crippen LogP contribution in [0.1, 0.15) is 36.9 Å². The van der Waals surface area contributed by atoms with Crippen LogP contribution in [0, 0.1) is 0 Å². The Bertz CT molecular complexity index is 486. The summed E-state index contributed by atoms with van der Waals surface area (Å²) in [7, 11) is 3.31. The van der Waals surface area contributed by atoms with E-state index < -0.39 is 0 Å². The molecule has 0 bridgehead atoms. The van der Waals surface area contributed by atoms with Crippen LogP contribution in [-0.2, 0) is 16.1 Å². The summed E-state index contributed by atoms with van der Waals surface area (Å²) in [4.78, 5) is 11.7. The molecule has 0 saturated heterocycles. The Morgan fingerprint density at radius 3 is 2.76 bits per heavy atom. The molecule has 1 unspecified atom stereocenters. The Hall–Kier alpha value is -1.59. The molecule has 5 nitrogen and oxygen atoms in total. The van der Waals surface area contributed by atoms with Crippen molar-refractivity contribution in [2.24, 2.45) is 0 Å². The van der Waals surface area contributed by atoms with E-state index in [1.54, 1.807) is 14.2 Å². The minimum atomic E-state index is 0.0648. The van der Waals surface area contributed by atoms with Crippen molar-refractivity contribution in [1.29, 1.82) is 0 Å². The lowest BCUT2D eigenvalue weighted by Crippen LogP contribution is -2.36. The maximum atomic E-state index is 11.7. The summed E-state index contributed by atoms with van der Waals surface area (Å²) in [6.45, 7) is 2.89. The number of carbonyl (C=O) groups excluding carboxylic acids is 1. The van der Waals surface area contributed by atoms with Crippen molar-refractivity contribution >= 4 is 5.91 Å². The zero-order valence-electron chi connectivity index (χ0n) is 12.9. The number of hydrogen-bond donors (Lipinski definition) is 2. The number of nitrogens with one attached hydrogen (secondary N) is 2. The van der Waals surface area contributed by atoms with Crippen LogP contribution in [0.3, 0.4) is 0 Å². The first-order chi connectivity index (χ1) is 10.1. The van der Waals surface area contributed by atoms with Crippen molar-refractivity contribution in [1.82, 2.24) is 10.6 Å². The molecule has 1 saturated carbocycles. The minimum Gasteiger partial charge on any atom is -0.496 e. The lowest BCUT2D eigenvalue weighted by Gasteiger charge is -2.16. The van der Waals surface area contributed by atoms with E-state index in [1.165, 1.54) is 0 Å². The van der Waals surface area contributed by atoms with Crippen LogP contribution in [0.5, 0.6) is 5.75 Å². The van der Waals surface area contributed by atoms with Gasteiger partial charge in [-0.2, -0.15) is 0 Å². The lowest BCUT2D eigenvalue weighted by atomic mass is 10.0. The van der Waals surface area contributed by atoms with Gasteiger partial charge in [-0.25, -0.2) is 0 Å². The van der Waals surface area contributed by atoms with E-state index in [2.05, 4.69) is 16.7 Å². The van der Waals surface area contributed by atoms with Gasteiger partial charge in [0.25, 0.3) is 0 Å². The number of methoxy groups -OCH3 is 2. The molecule has 1 amide bonds. The van der Waals surface area contributed by atoms with Crippen molar-refractivity contribution in [3.05, 3.63) is 29.3 Å². The van der Waals surface area contributed by atoms with E-state index in [0.717, 1.165) is 29.7 Å². The molecule has 1 atom stereocenters. The first-order valence-electron chi connectivity index (χ1n) is 7.32. The van der Waals surface area contributed by atoms with Gasteiger partial charge in [-0.15, -0.1) is 0 Å². The molecule has 1 aromatic carbocycles. The minimum absolute atomic E-state index is 0.0648. The van der Waals surface area contributed by atoms with Crippen molar-refractivity contribution < 1.29 is 14.3 Å². The van der Waals surface area contributed by atoms with Crippen molar-refractivity contribution in [3.63, 3.8) is 0 Å². The molecule has 116 valence electrons. The highest BCUT2D eigenvalue weighted by molar-refractivity contribution is 5.78. The van der Waals surface area contributed by atoms with Gasteiger partial charge in [0.15, 0.2) is 0 Å². The highest BCUT2D eigenvalue weighted by atomic mass is 16.5. The third-order valence-electron chi connectivity index (χ3n) is 3.62. The maximum absolute atomic E-state index is 11.7. The Labute approximate surface area is 126 Å². The second-order valence-electron chi connectivity index (χ2n) is 5.45. The summed E-state index contributed by atoms with van der Waals surface area (Å²) in [5, 5.41) is 6.21. The van der Waals surface area contributed by atoms with Gasteiger partial charge in [0, 0.05) is 24.8 Å². The molecule has 0 heterocycles. The molecule has 1 aromatic rings. The Balaban J connectivity index is 1.92. The lowest BCUT2D eigenvalue weighted by molar-refractivity contribution is -0.120. The number of amides is 1. The van der Waals surface area contributed by atoms with Gasteiger partial charge in [0.2, 0.25) is 5.91 Å². The first kappa shape index (κ1) is 15.8. The van der Waals surface area contributed by atoms with E-state index in [4.69, 9.17) is 9.47 Å². The number of rotatable bonds is 8. The third kappa shape index (κ3) is 4.72. The molecule has 21 heavy (non-hydrogen) atoms. The van der Waals surface area contributed by atoms with E-state index >= 15 is 0 Å². The van der Waals surface area contributed by atoms with Gasteiger partial charge in [0.05, 0.1) is 20.3 Å². The number of benzene rings is 1. The van der Waals surface area contributed by atoms with Crippen LogP contribution in [0.2, 0.25) is 0 Å². The molecule has 0 aliphatic heterocycles. The van der Waals surface area contributed by atoms with E-state index in [-0.39, 0.29) is 11.9 Å². The smallest absolute Gasteiger partial charge is 0.234 e. The zero-order chi connectivity index (χ0) is 15.2. The van der Waals surface area contributed by atoms with E-state index in [9.17, 15) is 4.79 Å². The van der Waals surface area contributed by atoms with Gasteiger partial charge < -0.3 is 20.1 Å². The van der Waals surface area contributed by atoms with Gasteiger partial charge in [-0.3, -0.25) is 4.79 Å². The Kier molecular flexibility index (Phi) is 5.59. The second kappa shape index (κ2) is 7.43. The summed E-state index contributed by atoms with van der Waals surface area (Å²) in [5.41, 5.74) is 2.12. The average molecular weight is 292 g/mol. The first-order valence-corrected chi connectivity index (χ1v) is 7.32. The fraction of sp³-hybridized carbons (Fsp3) is 0.562. The summed E-state index contributed by atoms with van der Waals surface area (Å²) in [6.07, 6.45) is 2.22. The fourth-order valence-electron chi connectivity index (χ4n) is 2.21. The van der Waals surface area contributed by atoms with E-state index in [1.807, 2.05) is 19.1 Å². The number of carbonyl (C=O) groups is 1. The number of ether oxygens (including phenoxy) is 2. The topological polar surface area (TPSA) is 59.6 Å². The van der Waals surface area contributed by atoms with Gasteiger partial charge in [-0.05, 0) is 37.5 Å². The number of hydrogen-bond acceptors (Lipinski definition) is 4. The van der Waals surface area contributed by atoms with Crippen molar-refractivity contribution in [2.75, 3.05) is 20.8 Å². The van der Waals surface area contributed by atoms with E-state index in [0.29, 0.717) is 19.2 Å². The van der Waals surface area contributed by atoms with Gasteiger partial charge in [0.1, 0.15) is 5.75 Å². The monoisotopic (exact) mass is 292 g/mol. The molecule has 0 aromatic heterocycles. The highest BCUT2D eigenvalue weighted by Gasteiger charge is 2.23. The molecule has 2 rings (SSSR count). The van der Waals surface area contributed by atoms with Crippen molar-refractivity contribution in [2.45, 2.75) is 38.5 Å². The summed E-state index contributed by atoms with van der Waals surface area (Å²) < 4.78 is 10.5. The Morgan fingerprint density at radius 1 is 1.38 bits per heavy atom. The summed E-state index contributed by atoms with van der Waals surface area (Å²) in [5.74, 6) is 0.884. The van der Waals surface area contributed by atoms with Crippen LogP contribution in [0.25, 0.3) is 0 Å². The Morgan fingerprint density at radius 2 is 2.14 bits per heavy atom. The average Bonchev–Trinajstić information content (AvgIpc) is 3.29. The second-order valence-corrected chi connectivity index (χ2v) is 5.45. The van der Waals surface area contributed by atoms with Crippen LogP contribution < -0.4 is 15.4 Å². The SMILES string of the molecule is COCc1cc(C(C)NCC(=O)NC2CC2)ccc1OC. The zero-order valence-corrected chi connectivity index (χ0v) is 12.9. The molecular formula is C16H24N2O3. The molecule has 5 heteroatoms. The standard InChI is InChI=1S/C16H24N2O3/c1-11(17-9-16(19)18-14-5-6-14)12-4-7-15(21-3)13(8-12)10-20-2/h4,7-8,11,14,17H,5-6,9-10H2,1-3H3,(H,18,19). The van der Waals surface area contributed by atoms with Crippen LogP contribution >= 0.6 is 0 Å². The summed E-state index contributed by atoms with van der Waals surface area (Å²) >= 11 is 0. The quantitative estimate of drug-likeness (QED) is 0.766. The van der Waals surface area contributed by atoms with Crippen molar-refractivity contribution in [3.8, 4) is 5.75 Å². The molecule has 0 radical (unpaired) electrons. The normalized spacial score (nSPS) is 15.6. The predicted octanol–water partition coefficient (Wildman–Crippen LogP) is 1.77.